The van der Waals surface area contributed by atoms with Crippen molar-refractivity contribution >= 4 is 34.6 Å². The average molecular weight is 512 g/mol. The Kier molecular flexibility index (Phi) is 12.9. The average Bonchev–Trinajstić information content (AvgIpc) is 3.37. The topological polar surface area (TPSA) is 90.4 Å². The van der Waals surface area contributed by atoms with Gasteiger partial charge in [0.25, 0.3) is 5.91 Å². The molecule has 0 saturated carbocycles. The van der Waals surface area contributed by atoms with Crippen LogP contribution in [0.4, 0.5) is 17.3 Å². The molecule has 0 aliphatic heterocycles. The third-order valence-electron chi connectivity index (χ3n) is 5.59. The van der Waals surface area contributed by atoms with Crippen molar-refractivity contribution in [2.45, 2.75) is 66.7 Å². The maximum atomic E-state index is 12.8. The molecule has 7 nitrogen and oxygen atoms in total. The molecule has 0 saturated heterocycles. The number of aliphatic hydroxyl groups is 1. The van der Waals surface area contributed by atoms with Crippen LogP contribution in [0.25, 0.3) is 11.3 Å². The van der Waals surface area contributed by atoms with E-state index in [2.05, 4.69) is 50.2 Å². The van der Waals surface area contributed by atoms with E-state index in [1.54, 1.807) is 11.3 Å². The molecule has 2 heterocycles. The summed E-state index contributed by atoms with van der Waals surface area (Å²) < 4.78 is 0. The lowest BCUT2D eigenvalue weighted by Crippen LogP contribution is -2.32. The van der Waals surface area contributed by atoms with Crippen LogP contribution in [0.15, 0.2) is 41.2 Å². The molecule has 2 aromatic heterocycles. The van der Waals surface area contributed by atoms with E-state index in [1.165, 1.54) is 12.8 Å². The standard InChI is InChI=1S/C24H31N5O2S.C4H10/c1-4-11-29(12-5-2)23(31)18-7-9-19(10-8-18)27-24-25-13-17(6-3)22(28-24)20-14-32-15-21(20)26-16-30;1-3-4-2/h7-10,13-15,26,30H,4-6,11-12,16H2,1-3H3,(H,25,27,28);3-4H2,1-2H3. The van der Waals surface area contributed by atoms with Crippen molar-refractivity contribution in [3.63, 3.8) is 0 Å². The van der Waals surface area contributed by atoms with Crippen molar-refractivity contribution in [1.82, 2.24) is 14.9 Å². The largest absolute Gasteiger partial charge is 0.377 e. The molecule has 0 bridgehead atoms. The van der Waals surface area contributed by atoms with Gasteiger partial charge in [-0.15, -0.1) is 11.3 Å². The van der Waals surface area contributed by atoms with Crippen molar-refractivity contribution in [2.75, 3.05) is 30.5 Å². The first-order valence-electron chi connectivity index (χ1n) is 13.0. The highest BCUT2D eigenvalue weighted by molar-refractivity contribution is 7.08. The number of amides is 1. The SMILES string of the molecule is CCCC.CCCN(CCC)C(=O)c1ccc(Nc2ncc(CC)c(-c3cscc3NCO)n2)cc1. The highest BCUT2D eigenvalue weighted by Gasteiger charge is 2.15. The Labute approximate surface area is 220 Å². The van der Waals surface area contributed by atoms with Gasteiger partial charge in [-0.05, 0) is 49.1 Å². The van der Waals surface area contributed by atoms with Crippen molar-refractivity contribution < 1.29 is 9.90 Å². The van der Waals surface area contributed by atoms with E-state index in [0.717, 1.165) is 60.5 Å². The van der Waals surface area contributed by atoms with Crippen LogP contribution in [-0.4, -0.2) is 45.7 Å². The lowest BCUT2D eigenvalue weighted by atomic mass is 10.1. The number of hydrogen-bond acceptors (Lipinski definition) is 7. The summed E-state index contributed by atoms with van der Waals surface area (Å²) >= 11 is 1.55. The summed E-state index contributed by atoms with van der Waals surface area (Å²) in [5, 5.41) is 19.4. The van der Waals surface area contributed by atoms with E-state index in [1.807, 2.05) is 46.1 Å². The zero-order valence-electron chi connectivity index (χ0n) is 22.3. The number of carbonyl (C=O) groups is 1. The first kappa shape index (κ1) is 29.3. The van der Waals surface area contributed by atoms with Crippen LogP contribution in [0.3, 0.4) is 0 Å². The Morgan fingerprint density at radius 3 is 2.19 bits per heavy atom. The Balaban J connectivity index is 0.00000106. The van der Waals surface area contributed by atoms with Crippen LogP contribution in [0.5, 0.6) is 0 Å². The van der Waals surface area contributed by atoms with Crippen LogP contribution in [0.2, 0.25) is 0 Å². The van der Waals surface area contributed by atoms with Gasteiger partial charge >= 0.3 is 0 Å². The van der Waals surface area contributed by atoms with E-state index in [-0.39, 0.29) is 12.6 Å². The number of thiophene rings is 1. The van der Waals surface area contributed by atoms with Crippen molar-refractivity contribution in [3.05, 3.63) is 52.3 Å². The zero-order chi connectivity index (χ0) is 26.3. The fraction of sp³-hybridized carbons (Fsp3) is 0.464. The second kappa shape index (κ2) is 15.9. The monoisotopic (exact) mass is 511 g/mol. The summed E-state index contributed by atoms with van der Waals surface area (Å²) in [7, 11) is 0. The molecule has 0 spiro atoms. The summed E-state index contributed by atoms with van der Waals surface area (Å²) in [5.41, 5.74) is 5.15. The summed E-state index contributed by atoms with van der Waals surface area (Å²) in [4.78, 5) is 23.9. The lowest BCUT2D eigenvalue weighted by Gasteiger charge is -2.21. The van der Waals surface area contributed by atoms with E-state index < -0.39 is 0 Å². The molecule has 0 atom stereocenters. The zero-order valence-corrected chi connectivity index (χ0v) is 23.1. The number of hydrogen-bond donors (Lipinski definition) is 3. The number of aromatic nitrogens is 2. The van der Waals surface area contributed by atoms with Gasteiger partial charge in [0, 0.05) is 46.9 Å². The minimum Gasteiger partial charge on any atom is -0.377 e. The van der Waals surface area contributed by atoms with Gasteiger partial charge in [-0.3, -0.25) is 4.79 Å². The number of nitrogens with one attached hydrogen (secondary N) is 2. The Morgan fingerprint density at radius 2 is 1.64 bits per heavy atom. The molecule has 3 rings (SSSR count). The van der Waals surface area contributed by atoms with Gasteiger partial charge in [0.15, 0.2) is 0 Å². The van der Waals surface area contributed by atoms with Gasteiger partial charge in [-0.1, -0.05) is 47.5 Å². The van der Waals surface area contributed by atoms with Gasteiger partial charge in [0.1, 0.15) is 6.73 Å². The molecule has 8 heteroatoms. The predicted octanol–water partition coefficient (Wildman–Crippen LogP) is 6.94. The van der Waals surface area contributed by atoms with Crippen LogP contribution in [-0.2, 0) is 6.42 Å². The summed E-state index contributed by atoms with van der Waals surface area (Å²) in [6, 6.07) is 7.44. The molecule has 3 aromatic rings. The van der Waals surface area contributed by atoms with Crippen molar-refractivity contribution in [3.8, 4) is 11.3 Å². The molecular formula is C28H41N5O2S. The predicted molar refractivity (Wildman–Crippen MR) is 152 cm³/mol. The van der Waals surface area contributed by atoms with E-state index in [0.29, 0.717) is 11.5 Å². The van der Waals surface area contributed by atoms with Gasteiger partial charge < -0.3 is 20.6 Å². The maximum Gasteiger partial charge on any atom is 0.253 e. The highest BCUT2D eigenvalue weighted by Crippen LogP contribution is 2.33. The molecule has 0 aliphatic carbocycles. The summed E-state index contributed by atoms with van der Waals surface area (Å²) in [6.07, 6.45) is 7.15. The second-order valence-corrected chi connectivity index (χ2v) is 9.19. The van der Waals surface area contributed by atoms with Crippen LogP contribution in [0, 0.1) is 0 Å². The smallest absolute Gasteiger partial charge is 0.253 e. The normalized spacial score (nSPS) is 10.4. The number of aryl methyl sites for hydroxylation is 1. The molecule has 196 valence electrons. The number of carbonyl (C=O) groups excluding carboxylic acids is 1. The fourth-order valence-electron chi connectivity index (χ4n) is 3.52. The van der Waals surface area contributed by atoms with E-state index in [9.17, 15) is 9.90 Å². The highest BCUT2D eigenvalue weighted by atomic mass is 32.1. The molecule has 1 aromatic carbocycles. The maximum absolute atomic E-state index is 12.8. The second-order valence-electron chi connectivity index (χ2n) is 8.45. The molecule has 0 radical (unpaired) electrons. The third-order valence-corrected chi connectivity index (χ3v) is 6.34. The van der Waals surface area contributed by atoms with Gasteiger partial charge in [0.05, 0.1) is 11.4 Å². The minimum absolute atomic E-state index is 0.0625. The number of benzene rings is 1. The third kappa shape index (κ3) is 8.31. The van der Waals surface area contributed by atoms with E-state index in [4.69, 9.17) is 4.98 Å². The van der Waals surface area contributed by atoms with Crippen LogP contribution >= 0.6 is 11.3 Å². The van der Waals surface area contributed by atoms with Crippen LogP contribution < -0.4 is 10.6 Å². The molecule has 36 heavy (non-hydrogen) atoms. The molecule has 0 aliphatic rings. The number of anilines is 3. The number of rotatable bonds is 12. The fourth-order valence-corrected chi connectivity index (χ4v) is 4.31. The van der Waals surface area contributed by atoms with Crippen LogP contribution in [0.1, 0.15) is 76.2 Å². The molecular weight excluding hydrogens is 470 g/mol. The van der Waals surface area contributed by atoms with Gasteiger partial charge in [-0.2, -0.15) is 0 Å². The molecule has 0 unspecified atom stereocenters. The number of aliphatic hydroxyl groups excluding tert-OH is 1. The molecule has 3 N–H and O–H groups in total. The first-order valence-corrected chi connectivity index (χ1v) is 13.9. The number of nitrogens with zero attached hydrogens (tertiary/aromatic N) is 3. The molecule has 0 fully saturated rings. The molecule has 1 amide bonds. The minimum atomic E-state index is -0.139. The van der Waals surface area contributed by atoms with Crippen molar-refractivity contribution in [2.24, 2.45) is 0 Å². The lowest BCUT2D eigenvalue weighted by molar-refractivity contribution is 0.0755. The van der Waals surface area contributed by atoms with Gasteiger partial charge in [0.2, 0.25) is 5.95 Å². The number of unbranched alkanes of at least 4 members (excludes halogenated alkanes) is 1. The van der Waals surface area contributed by atoms with E-state index >= 15 is 0 Å². The summed E-state index contributed by atoms with van der Waals surface area (Å²) in [5.74, 6) is 0.545. The Hall–Kier alpha value is -2.97. The Bertz CT molecular complexity index is 1040. The quantitative estimate of drug-likeness (QED) is 0.228. The first-order chi connectivity index (χ1) is 17.5. The Morgan fingerprint density at radius 1 is 0.972 bits per heavy atom. The summed E-state index contributed by atoms with van der Waals surface area (Å²) in [6.45, 7) is 12.0. The van der Waals surface area contributed by atoms with Gasteiger partial charge in [-0.25, -0.2) is 9.97 Å². The van der Waals surface area contributed by atoms with Crippen molar-refractivity contribution in [1.29, 1.82) is 0 Å².